The van der Waals surface area contributed by atoms with Crippen molar-refractivity contribution in [1.82, 2.24) is 24.5 Å². The summed E-state index contributed by atoms with van der Waals surface area (Å²) < 4.78 is 12.8. The molecule has 8 nitrogen and oxygen atoms in total. The molecule has 0 spiro atoms. The lowest BCUT2D eigenvalue weighted by molar-refractivity contribution is 0.0283. The number of rotatable bonds is 8. The summed E-state index contributed by atoms with van der Waals surface area (Å²) >= 11 is 0. The van der Waals surface area contributed by atoms with Crippen LogP contribution in [0.5, 0.6) is 11.5 Å². The number of aliphatic hydroxyl groups is 1. The van der Waals surface area contributed by atoms with Gasteiger partial charge in [-0.15, -0.1) is 6.42 Å². The van der Waals surface area contributed by atoms with Gasteiger partial charge >= 0.3 is 0 Å². The highest BCUT2D eigenvalue weighted by atomic mass is 16.5. The van der Waals surface area contributed by atoms with Crippen LogP contribution in [0.25, 0.3) is 22.2 Å². The van der Waals surface area contributed by atoms with Crippen LogP contribution in [0.2, 0.25) is 0 Å². The van der Waals surface area contributed by atoms with Gasteiger partial charge in [-0.05, 0) is 50.1 Å². The van der Waals surface area contributed by atoms with Crippen LogP contribution < -0.4 is 9.47 Å². The number of nitrogens with zero attached hydrogens (tertiary/aromatic N) is 5. The normalized spacial score (nSPS) is 14.2. The predicted molar refractivity (Wildman–Crippen MR) is 147 cm³/mol. The van der Waals surface area contributed by atoms with Crippen molar-refractivity contribution in [3.63, 3.8) is 0 Å². The maximum atomic E-state index is 10.1. The first-order chi connectivity index (χ1) is 18.3. The van der Waals surface area contributed by atoms with E-state index in [-0.39, 0.29) is 6.61 Å². The highest BCUT2D eigenvalue weighted by molar-refractivity contribution is 5.85. The molecule has 0 fully saturated rings. The molecule has 4 aromatic rings. The molecule has 38 heavy (non-hydrogen) atoms. The molecule has 5 rings (SSSR count). The standard InChI is InChI=1S/C30H31N5O3/c1-5-21-16-33-35-19-26(38-20-30(2,3)36)14-27(29(21)35)23-6-9-28(32-15-23)22-10-12-34(13-11-22)18-24-7-8-25(37-4)17-31-24/h1,6-10,14-17,19,36H,11-13,18,20H2,2-4H3. The Kier molecular flexibility index (Phi) is 7.14. The van der Waals surface area contributed by atoms with Gasteiger partial charge < -0.3 is 14.6 Å². The Labute approximate surface area is 222 Å². The Morgan fingerprint density at radius 1 is 1.11 bits per heavy atom. The molecule has 0 bridgehead atoms. The van der Waals surface area contributed by atoms with E-state index in [4.69, 9.17) is 20.9 Å². The molecule has 1 aliphatic rings. The summed E-state index contributed by atoms with van der Waals surface area (Å²) in [5, 5.41) is 14.5. The summed E-state index contributed by atoms with van der Waals surface area (Å²) in [6.45, 7) is 6.13. The molecular formula is C30H31N5O3. The molecule has 1 N–H and O–H groups in total. The third kappa shape index (κ3) is 5.70. The van der Waals surface area contributed by atoms with Gasteiger partial charge in [0.05, 0.1) is 53.8 Å². The molecule has 0 radical (unpaired) electrons. The molecular weight excluding hydrogens is 478 g/mol. The van der Waals surface area contributed by atoms with Crippen molar-refractivity contribution in [2.75, 3.05) is 26.8 Å². The average molecular weight is 510 g/mol. The Balaban J connectivity index is 1.34. The van der Waals surface area contributed by atoms with Crippen molar-refractivity contribution in [2.24, 2.45) is 0 Å². The van der Waals surface area contributed by atoms with E-state index in [1.165, 1.54) is 5.57 Å². The van der Waals surface area contributed by atoms with Crippen LogP contribution in [0.3, 0.4) is 0 Å². The molecule has 0 atom stereocenters. The first-order valence-corrected chi connectivity index (χ1v) is 12.5. The number of ether oxygens (including phenoxy) is 2. The van der Waals surface area contributed by atoms with E-state index in [1.54, 1.807) is 44.1 Å². The highest BCUT2D eigenvalue weighted by Gasteiger charge is 2.18. The zero-order chi connectivity index (χ0) is 26.7. The average Bonchev–Trinajstić information content (AvgIpc) is 3.35. The Hall–Kier alpha value is -4.19. The summed E-state index contributed by atoms with van der Waals surface area (Å²) in [6.07, 6.45) is 16.0. The van der Waals surface area contributed by atoms with Crippen LogP contribution in [0.1, 0.15) is 37.2 Å². The van der Waals surface area contributed by atoms with Crippen molar-refractivity contribution in [1.29, 1.82) is 0 Å². The van der Waals surface area contributed by atoms with Gasteiger partial charge in [0, 0.05) is 37.0 Å². The van der Waals surface area contributed by atoms with Crippen LogP contribution in [0.15, 0.2) is 61.2 Å². The van der Waals surface area contributed by atoms with Crippen LogP contribution in [-0.4, -0.2) is 62.0 Å². The van der Waals surface area contributed by atoms with Gasteiger partial charge in [-0.3, -0.25) is 14.9 Å². The maximum Gasteiger partial charge on any atom is 0.138 e. The zero-order valence-electron chi connectivity index (χ0n) is 21.9. The molecule has 4 aromatic heterocycles. The third-order valence-corrected chi connectivity index (χ3v) is 6.45. The molecule has 5 heterocycles. The fraction of sp³-hybridized carbons (Fsp3) is 0.300. The van der Waals surface area contributed by atoms with Crippen molar-refractivity contribution in [2.45, 2.75) is 32.4 Å². The van der Waals surface area contributed by atoms with E-state index in [9.17, 15) is 5.11 Å². The van der Waals surface area contributed by atoms with Gasteiger partial charge in [-0.25, -0.2) is 4.52 Å². The molecule has 0 amide bonds. The molecule has 8 heteroatoms. The van der Waals surface area contributed by atoms with E-state index in [0.717, 1.165) is 59.8 Å². The third-order valence-electron chi connectivity index (χ3n) is 6.45. The first-order valence-electron chi connectivity index (χ1n) is 12.5. The Morgan fingerprint density at radius 2 is 1.97 bits per heavy atom. The number of fused-ring (bicyclic) bond motifs is 1. The molecule has 1 aliphatic heterocycles. The molecule has 0 saturated carbocycles. The van der Waals surface area contributed by atoms with Crippen LogP contribution in [0.4, 0.5) is 0 Å². The topological polar surface area (TPSA) is 85.0 Å². The van der Waals surface area contributed by atoms with Crippen molar-refractivity contribution in [3.05, 3.63) is 78.1 Å². The van der Waals surface area contributed by atoms with Gasteiger partial charge in [0.25, 0.3) is 0 Å². The number of aromatic nitrogens is 4. The van der Waals surface area contributed by atoms with E-state index in [2.05, 4.69) is 39.1 Å². The molecule has 0 unspecified atom stereocenters. The SMILES string of the molecule is C#Cc1cnn2cc(OCC(C)(C)O)cc(-c3ccc(C4=CCN(Cc5ccc(OC)cn5)CC4)nc3)c12. The largest absolute Gasteiger partial charge is 0.495 e. The van der Waals surface area contributed by atoms with Crippen molar-refractivity contribution < 1.29 is 14.6 Å². The number of terminal acetylenes is 1. The second kappa shape index (κ2) is 10.7. The lowest BCUT2D eigenvalue weighted by Crippen LogP contribution is -2.28. The fourth-order valence-corrected chi connectivity index (χ4v) is 4.45. The lowest BCUT2D eigenvalue weighted by Gasteiger charge is -2.25. The molecule has 194 valence electrons. The monoisotopic (exact) mass is 509 g/mol. The van der Waals surface area contributed by atoms with Gasteiger partial charge in [0.1, 0.15) is 18.1 Å². The lowest BCUT2D eigenvalue weighted by atomic mass is 10.0. The minimum atomic E-state index is -0.957. The summed E-state index contributed by atoms with van der Waals surface area (Å²) in [6, 6.07) is 9.98. The predicted octanol–water partition coefficient (Wildman–Crippen LogP) is 4.22. The second-order valence-corrected chi connectivity index (χ2v) is 10.0. The van der Waals surface area contributed by atoms with Gasteiger partial charge in [0.2, 0.25) is 0 Å². The maximum absolute atomic E-state index is 10.1. The summed E-state index contributed by atoms with van der Waals surface area (Å²) in [7, 11) is 1.65. The molecule has 0 saturated heterocycles. The molecule has 0 aliphatic carbocycles. The second-order valence-electron chi connectivity index (χ2n) is 10.0. The minimum Gasteiger partial charge on any atom is -0.495 e. The summed E-state index contributed by atoms with van der Waals surface area (Å²) in [4.78, 5) is 11.6. The smallest absolute Gasteiger partial charge is 0.138 e. The van der Waals surface area contributed by atoms with Gasteiger partial charge in [0.15, 0.2) is 0 Å². The Morgan fingerprint density at radius 3 is 2.61 bits per heavy atom. The van der Waals surface area contributed by atoms with Crippen LogP contribution in [0, 0.1) is 12.3 Å². The van der Waals surface area contributed by atoms with E-state index in [0.29, 0.717) is 11.3 Å². The number of hydrogen-bond acceptors (Lipinski definition) is 7. The van der Waals surface area contributed by atoms with Crippen LogP contribution >= 0.6 is 0 Å². The van der Waals surface area contributed by atoms with Crippen molar-refractivity contribution >= 4 is 11.1 Å². The van der Waals surface area contributed by atoms with E-state index in [1.807, 2.05) is 24.4 Å². The van der Waals surface area contributed by atoms with E-state index < -0.39 is 5.60 Å². The zero-order valence-corrected chi connectivity index (χ0v) is 21.9. The summed E-state index contributed by atoms with van der Waals surface area (Å²) in [5.41, 5.74) is 5.56. The quantitative estimate of drug-likeness (QED) is 0.356. The number of pyridine rings is 3. The Bertz CT molecular complexity index is 1490. The number of methoxy groups -OCH3 is 1. The summed E-state index contributed by atoms with van der Waals surface area (Å²) in [5.74, 6) is 4.07. The van der Waals surface area contributed by atoms with Gasteiger partial charge in [-0.2, -0.15) is 5.10 Å². The fourth-order valence-electron chi connectivity index (χ4n) is 4.45. The molecule has 0 aromatic carbocycles. The van der Waals surface area contributed by atoms with E-state index >= 15 is 0 Å². The first kappa shape index (κ1) is 25.5. The minimum absolute atomic E-state index is 0.151. The highest BCUT2D eigenvalue weighted by Crippen LogP contribution is 2.32. The number of hydrogen-bond donors (Lipinski definition) is 1. The van der Waals surface area contributed by atoms with Gasteiger partial charge in [-0.1, -0.05) is 18.1 Å². The van der Waals surface area contributed by atoms with Crippen LogP contribution in [-0.2, 0) is 6.54 Å². The van der Waals surface area contributed by atoms with Crippen molar-refractivity contribution in [3.8, 4) is 35.0 Å².